The molecule has 4 amide bonds. The highest BCUT2D eigenvalue weighted by atomic mass is 16.6. The van der Waals surface area contributed by atoms with Gasteiger partial charge in [0.25, 0.3) is 0 Å². The van der Waals surface area contributed by atoms with Crippen molar-refractivity contribution in [3.8, 4) is 0 Å². The van der Waals surface area contributed by atoms with Crippen molar-refractivity contribution < 1.29 is 42.9 Å². The topological polar surface area (TPSA) is 153 Å². The van der Waals surface area contributed by atoms with Gasteiger partial charge in [0, 0.05) is 36.5 Å². The van der Waals surface area contributed by atoms with Crippen LogP contribution in [-0.4, -0.2) is 87.5 Å². The SMILES string of the molecule is C[C@@H]1C[C@H]([C@H](Cc2cccc(NC(=O)Nc3cccc(C[C@H](C(=O)OC(C)(C)C)[C@H]4C[C@@H](C)N(C(=O)OC(C)(C)C)C4)c3)c2)C(=O)OC(C)(C)C)CN1C(=O)OC(C)(C)C. The van der Waals surface area contributed by atoms with E-state index in [1.807, 2.05) is 133 Å². The van der Waals surface area contributed by atoms with Crippen molar-refractivity contribution >= 4 is 41.5 Å². The van der Waals surface area contributed by atoms with Gasteiger partial charge in [-0.3, -0.25) is 9.59 Å². The molecule has 13 nitrogen and oxygen atoms in total. The number of urea groups is 1. The average molecular weight is 835 g/mol. The Labute approximate surface area is 357 Å². The summed E-state index contributed by atoms with van der Waals surface area (Å²) in [6.07, 6.45) is 1.13. The lowest BCUT2D eigenvalue weighted by atomic mass is 9.85. The molecule has 0 unspecified atom stereocenters. The minimum Gasteiger partial charge on any atom is -0.460 e. The second-order valence-corrected chi connectivity index (χ2v) is 20.6. The molecule has 0 radical (unpaired) electrons. The zero-order valence-corrected chi connectivity index (χ0v) is 38.4. The molecule has 6 atom stereocenters. The Morgan fingerprint density at radius 2 is 0.900 bits per heavy atom. The molecule has 2 aliphatic rings. The van der Waals surface area contributed by atoms with Gasteiger partial charge >= 0.3 is 30.2 Å². The third-order valence-electron chi connectivity index (χ3n) is 10.3. The van der Waals surface area contributed by atoms with Crippen LogP contribution in [0, 0.1) is 23.7 Å². The zero-order valence-electron chi connectivity index (χ0n) is 38.4. The molecule has 2 fully saturated rings. The van der Waals surface area contributed by atoms with E-state index in [2.05, 4.69) is 10.6 Å². The number of carbonyl (C=O) groups is 5. The molecule has 332 valence electrons. The van der Waals surface area contributed by atoms with E-state index in [0.29, 0.717) is 50.1 Å². The molecular formula is C47H70N4O9. The van der Waals surface area contributed by atoms with Gasteiger partial charge in [-0.15, -0.1) is 0 Å². The molecule has 0 aliphatic carbocycles. The Morgan fingerprint density at radius 1 is 0.567 bits per heavy atom. The number of hydrogen-bond donors (Lipinski definition) is 2. The average Bonchev–Trinajstić information content (AvgIpc) is 3.65. The van der Waals surface area contributed by atoms with Crippen molar-refractivity contribution in [1.29, 1.82) is 0 Å². The number of hydrogen-bond acceptors (Lipinski definition) is 9. The molecule has 60 heavy (non-hydrogen) atoms. The monoisotopic (exact) mass is 835 g/mol. The fourth-order valence-electron chi connectivity index (χ4n) is 7.87. The van der Waals surface area contributed by atoms with Gasteiger partial charge in [-0.1, -0.05) is 24.3 Å². The van der Waals surface area contributed by atoms with Crippen molar-refractivity contribution in [2.24, 2.45) is 23.7 Å². The standard InChI is InChI=1S/C47H70N4O9/c1-29-21-33(27-50(29)42(55)59-46(9,10)11)37(39(52)57-44(3,4)5)25-31-17-15-19-35(23-31)48-41(54)49-36-20-16-18-32(24-36)26-38(40(53)58-45(6,7)8)34-22-30(2)51(28-34)43(56)60-47(12,13)14/h15-20,23-24,29-30,33-34,37-38H,21-22,25-28H2,1-14H3,(H2,48,49,54)/t29-,30-,33+,34+,37+,38+/m1/s1. The summed E-state index contributed by atoms with van der Waals surface area (Å²) < 4.78 is 23.1. The number of carbonyl (C=O) groups excluding carboxylic acids is 5. The molecular weight excluding hydrogens is 765 g/mol. The Bertz CT molecular complexity index is 1720. The van der Waals surface area contributed by atoms with Crippen LogP contribution in [0.1, 0.15) is 121 Å². The Balaban J connectivity index is 1.47. The van der Waals surface area contributed by atoms with Gasteiger partial charge in [-0.25, -0.2) is 14.4 Å². The first kappa shape index (κ1) is 47.9. The zero-order chi connectivity index (χ0) is 45.0. The van der Waals surface area contributed by atoms with Crippen LogP contribution in [0.4, 0.5) is 25.8 Å². The van der Waals surface area contributed by atoms with Gasteiger partial charge in [0.1, 0.15) is 22.4 Å². The van der Waals surface area contributed by atoms with Crippen LogP contribution in [0.25, 0.3) is 0 Å². The summed E-state index contributed by atoms with van der Waals surface area (Å²) in [5, 5.41) is 5.84. The van der Waals surface area contributed by atoms with E-state index in [1.54, 1.807) is 21.9 Å². The highest BCUT2D eigenvalue weighted by molar-refractivity contribution is 5.99. The molecule has 2 N–H and O–H groups in total. The van der Waals surface area contributed by atoms with Crippen LogP contribution in [0.3, 0.4) is 0 Å². The number of rotatable bonds is 10. The van der Waals surface area contributed by atoms with Gasteiger partial charge in [0.2, 0.25) is 0 Å². The number of anilines is 2. The number of amides is 4. The van der Waals surface area contributed by atoms with Crippen molar-refractivity contribution in [1.82, 2.24) is 9.80 Å². The number of esters is 2. The summed E-state index contributed by atoms with van der Waals surface area (Å²) >= 11 is 0. The maximum atomic E-state index is 13.7. The van der Waals surface area contributed by atoms with Crippen molar-refractivity contribution in [3.63, 3.8) is 0 Å². The lowest BCUT2D eigenvalue weighted by Gasteiger charge is -2.28. The highest BCUT2D eigenvalue weighted by Gasteiger charge is 2.44. The quantitative estimate of drug-likeness (QED) is 0.176. The second-order valence-electron chi connectivity index (χ2n) is 20.6. The molecule has 0 bridgehead atoms. The third kappa shape index (κ3) is 14.7. The van der Waals surface area contributed by atoms with Gasteiger partial charge in [0.15, 0.2) is 0 Å². The minimum absolute atomic E-state index is 0.117. The summed E-state index contributed by atoms with van der Waals surface area (Å²) in [6, 6.07) is 14.0. The lowest BCUT2D eigenvalue weighted by Crippen LogP contribution is -2.40. The lowest BCUT2D eigenvalue weighted by molar-refractivity contribution is -0.163. The fourth-order valence-corrected chi connectivity index (χ4v) is 7.87. The second kappa shape index (κ2) is 18.8. The fraction of sp³-hybridized carbons (Fsp3) is 0.638. The molecule has 2 heterocycles. The smallest absolute Gasteiger partial charge is 0.410 e. The Morgan fingerprint density at radius 3 is 1.22 bits per heavy atom. The Kier molecular flexibility index (Phi) is 15.0. The number of nitrogens with zero attached hydrogens (tertiary/aromatic N) is 2. The van der Waals surface area contributed by atoms with Crippen LogP contribution in [0.2, 0.25) is 0 Å². The number of ether oxygens (including phenoxy) is 4. The van der Waals surface area contributed by atoms with E-state index in [-0.39, 0.29) is 35.9 Å². The number of benzene rings is 2. The molecule has 0 aromatic heterocycles. The van der Waals surface area contributed by atoms with E-state index in [4.69, 9.17) is 18.9 Å². The van der Waals surface area contributed by atoms with Crippen molar-refractivity contribution in [2.75, 3.05) is 23.7 Å². The first-order chi connectivity index (χ1) is 27.6. The number of nitrogens with one attached hydrogen (secondary N) is 2. The van der Waals surface area contributed by atoms with Crippen molar-refractivity contribution in [3.05, 3.63) is 59.7 Å². The molecule has 0 spiro atoms. The van der Waals surface area contributed by atoms with E-state index < -0.39 is 52.5 Å². The van der Waals surface area contributed by atoms with Crippen LogP contribution in [0.15, 0.2) is 48.5 Å². The van der Waals surface area contributed by atoms with Crippen LogP contribution in [0.5, 0.6) is 0 Å². The van der Waals surface area contributed by atoms with Crippen LogP contribution in [-0.2, 0) is 41.4 Å². The van der Waals surface area contributed by atoms with Gasteiger partial charge < -0.3 is 39.4 Å². The molecule has 2 saturated heterocycles. The van der Waals surface area contributed by atoms with Gasteiger partial charge in [0.05, 0.1) is 11.8 Å². The molecule has 2 aromatic carbocycles. The van der Waals surface area contributed by atoms with Gasteiger partial charge in [-0.05, 0) is 170 Å². The number of likely N-dealkylation sites (tertiary alicyclic amines) is 2. The van der Waals surface area contributed by atoms with Crippen LogP contribution < -0.4 is 10.6 Å². The molecule has 2 aromatic rings. The molecule has 13 heteroatoms. The molecule has 0 saturated carbocycles. The summed E-state index contributed by atoms with van der Waals surface area (Å²) in [5.74, 6) is -2.07. The van der Waals surface area contributed by atoms with E-state index in [1.165, 1.54) is 0 Å². The normalized spacial score (nSPS) is 20.8. The summed E-state index contributed by atoms with van der Waals surface area (Å²) in [6.45, 7) is 26.6. The first-order valence-electron chi connectivity index (χ1n) is 21.3. The van der Waals surface area contributed by atoms with E-state index in [9.17, 15) is 24.0 Å². The van der Waals surface area contributed by atoms with Gasteiger partial charge in [-0.2, -0.15) is 0 Å². The summed E-state index contributed by atoms with van der Waals surface area (Å²) in [4.78, 5) is 70.3. The van der Waals surface area contributed by atoms with E-state index in [0.717, 1.165) is 11.1 Å². The van der Waals surface area contributed by atoms with Crippen LogP contribution >= 0.6 is 0 Å². The molecule has 4 rings (SSSR count). The Hall–Kier alpha value is -4.81. The predicted octanol–water partition coefficient (Wildman–Crippen LogP) is 9.62. The highest BCUT2D eigenvalue weighted by Crippen LogP contribution is 2.36. The maximum Gasteiger partial charge on any atom is 0.410 e. The summed E-state index contributed by atoms with van der Waals surface area (Å²) in [7, 11) is 0. The summed E-state index contributed by atoms with van der Waals surface area (Å²) in [5.41, 5.74) is 0.0478. The largest absolute Gasteiger partial charge is 0.460 e. The third-order valence-corrected chi connectivity index (χ3v) is 10.3. The predicted molar refractivity (Wildman–Crippen MR) is 233 cm³/mol. The minimum atomic E-state index is -0.697. The first-order valence-corrected chi connectivity index (χ1v) is 21.3. The van der Waals surface area contributed by atoms with Crippen molar-refractivity contribution in [2.45, 2.75) is 157 Å². The maximum absolute atomic E-state index is 13.7. The molecule has 2 aliphatic heterocycles. The van der Waals surface area contributed by atoms with E-state index >= 15 is 0 Å².